The third-order valence-electron chi connectivity index (χ3n) is 2.51. The largest absolute Gasteiger partial charge is 0.515 e. The van der Waals surface area contributed by atoms with Crippen molar-refractivity contribution in [2.24, 2.45) is 0 Å². The number of fused-ring (bicyclic) bond motifs is 1. The smallest absolute Gasteiger partial charge is 0.394 e. The maximum Gasteiger partial charge on any atom is 0.515 e. The molecule has 16 heavy (non-hydrogen) atoms. The van der Waals surface area contributed by atoms with Gasteiger partial charge in [-0.15, -0.1) is 0 Å². The zero-order valence-corrected chi connectivity index (χ0v) is 7.81. The normalized spacial score (nSPS) is 51.8. The third kappa shape index (κ3) is 1.24. The van der Waals surface area contributed by atoms with Gasteiger partial charge in [0.1, 0.15) is 12.2 Å². The average molecular weight is 238 g/mol. The van der Waals surface area contributed by atoms with Gasteiger partial charge in [0.15, 0.2) is 6.10 Å². The van der Waals surface area contributed by atoms with Gasteiger partial charge in [-0.2, -0.15) is 0 Å². The van der Waals surface area contributed by atoms with Gasteiger partial charge in [0.25, 0.3) is 0 Å². The topological polar surface area (TPSA) is 146 Å². The monoisotopic (exact) mass is 238 g/mol. The predicted molar refractivity (Wildman–Crippen MR) is 41.4 cm³/mol. The molecular formula is C7H10O9. The zero-order valence-electron chi connectivity index (χ0n) is 7.81. The fourth-order valence-electron chi connectivity index (χ4n) is 1.61. The molecule has 2 heterocycles. The lowest BCUT2D eigenvalue weighted by Crippen LogP contribution is -2.71. The van der Waals surface area contributed by atoms with Gasteiger partial charge in [-0.1, -0.05) is 0 Å². The molecule has 2 rings (SSSR count). The first-order chi connectivity index (χ1) is 7.34. The summed E-state index contributed by atoms with van der Waals surface area (Å²) < 4.78 is 12.9. The van der Waals surface area contributed by atoms with E-state index in [-0.39, 0.29) is 0 Å². The highest BCUT2D eigenvalue weighted by Gasteiger charge is 2.74. The summed E-state index contributed by atoms with van der Waals surface area (Å²) in [6.45, 7) is -0.770. The van der Waals surface area contributed by atoms with Gasteiger partial charge in [-0.05, 0) is 0 Å². The van der Waals surface area contributed by atoms with Crippen molar-refractivity contribution in [3.8, 4) is 0 Å². The standard InChI is InChI=1S/C7H10O9/c8-1-2-3(9)4(10)6(12)7(13,14-2)16-5(11)15-6/h2-4,8-10,12-13H,1H2/t2-,3-,4+,6-,7+/m1/s1. The number of carbonyl (C=O) groups is 1. The van der Waals surface area contributed by atoms with Crippen LogP contribution in [0.4, 0.5) is 4.79 Å². The van der Waals surface area contributed by atoms with Gasteiger partial charge in [-0.25, -0.2) is 4.79 Å². The average Bonchev–Trinajstić information content (AvgIpc) is 2.44. The Morgan fingerprint density at radius 3 is 2.44 bits per heavy atom. The molecule has 5 N–H and O–H groups in total. The van der Waals surface area contributed by atoms with E-state index >= 15 is 0 Å². The summed E-state index contributed by atoms with van der Waals surface area (Å²) in [5.41, 5.74) is 0. The minimum absolute atomic E-state index is 0.770. The molecule has 0 aliphatic carbocycles. The number of ether oxygens (including phenoxy) is 3. The number of carbonyl (C=O) groups excluding carboxylic acids is 1. The van der Waals surface area contributed by atoms with E-state index in [0.717, 1.165) is 0 Å². The molecule has 0 aromatic rings. The molecule has 92 valence electrons. The maximum absolute atomic E-state index is 10.8. The predicted octanol–water partition coefficient (Wildman–Crippen LogP) is -3.40. The Morgan fingerprint density at radius 2 is 1.88 bits per heavy atom. The summed E-state index contributed by atoms with van der Waals surface area (Å²) in [4.78, 5) is 10.8. The second-order valence-electron chi connectivity index (χ2n) is 3.51. The van der Waals surface area contributed by atoms with Crippen LogP contribution in [0.15, 0.2) is 0 Å². The van der Waals surface area contributed by atoms with E-state index in [1.54, 1.807) is 0 Å². The van der Waals surface area contributed by atoms with Crippen LogP contribution in [0.5, 0.6) is 0 Å². The quantitative estimate of drug-likeness (QED) is 0.295. The molecule has 2 aliphatic heterocycles. The molecule has 0 amide bonds. The van der Waals surface area contributed by atoms with Crippen LogP contribution in [0.1, 0.15) is 0 Å². The van der Waals surface area contributed by atoms with Gasteiger partial charge in [0.2, 0.25) is 0 Å². The lowest BCUT2D eigenvalue weighted by Gasteiger charge is -2.44. The van der Waals surface area contributed by atoms with Crippen LogP contribution >= 0.6 is 0 Å². The SMILES string of the molecule is O=C1O[C@@]2(O)O[C@H](CO)[C@@H](O)[C@H](O)[C@@]2(O)O1. The fourth-order valence-corrected chi connectivity index (χ4v) is 1.61. The van der Waals surface area contributed by atoms with Crippen LogP contribution in [0.3, 0.4) is 0 Å². The van der Waals surface area contributed by atoms with Crippen LogP contribution in [0, 0.1) is 0 Å². The molecule has 0 saturated carbocycles. The number of hydrogen-bond donors (Lipinski definition) is 5. The van der Waals surface area contributed by atoms with Crippen molar-refractivity contribution in [3.63, 3.8) is 0 Å². The van der Waals surface area contributed by atoms with Gasteiger partial charge >= 0.3 is 17.9 Å². The van der Waals surface area contributed by atoms with E-state index < -0.39 is 42.8 Å². The number of hydrogen-bond acceptors (Lipinski definition) is 9. The number of aliphatic hydroxyl groups excluding tert-OH is 3. The van der Waals surface area contributed by atoms with Crippen molar-refractivity contribution in [2.75, 3.05) is 6.61 Å². The summed E-state index contributed by atoms with van der Waals surface area (Å²) in [5.74, 6) is -5.90. The molecule has 2 aliphatic rings. The molecule has 5 atom stereocenters. The van der Waals surface area contributed by atoms with Crippen LogP contribution in [-0.2, 0) is 14.2 Å². The second-order valence-corrected chi connectivity index (χ2v) is 3.51. The first kappa shape index (κ1) is 11.5. The number of rotatable bonds is 1. The summed E-state index contributed by atoms with van der Waals surface area (Å²) in [7, 11) is 0. The maximum atomic E-state index is 10.8. The lowest BCUT2D eigenvalue weighted by atomic mass is 9.94. The van der Waals surface area contributed by atoms with E-state index in [2.05, 4.69) is 14.2 Å². The summed E-state index contributed by atoms with van der Waals surface area (Å²) in [5, 5.41) is 46.9. The Labute approximate surface area is 88.4 Å². The van der Waals surface area contributed by atoms with Crippen LogP contribution in [0.25, 0.3) is 0 Å². The highest BCUT2D eigenvalue weighted by Crippen LogP contribution is 2.42. The van der Waals surface area contributed by atoms with Gasteiger partial charge in [0.05, 0.1) is 6.61 Å². The Bertz CT molecular complexity index is 319. The minimum Gasteiger partial charge on any atom is -0.394 e. The van der Waals surface area contributed by atoms with E-state index in [4.69, 9.17) is 5.11 Å². The fraction of sp³-hybridized carbons (Fsp3) is 0.857. The summed E-state index contributed by atoms with van der Waals surface area (Å²) in [6, 6.07) is 0. The molecule has 9 heteroatoms. The van der Waals surface area contributed by atoms with Crippen LogP contribution in [-0.4, -0.2) is 68.4 Å². The molecular weight excluding hydrogens is 228 g/mol. The summed E-state index contributed by atoms with van der Waals surface area (Å²) >= 11 is 0. The van der Waals surface area contributed by atoms with Crippen molar-refractivity contribution in [2.45, 2.75) is 30.1 Å². The van der Waals surface area contributed by atoms with Crippen molar-refractivity contribution >= 4 is 6.16 Å². The molecule has 2 fully saturated rings. The van der Waals surface area contributed by atoms with E-state index in [1.807, 2.05) is 0 Å². The summed E-state index contributed by atoms with van der Waals surface area (Å²) in [6.07, 6.45) is -6.76. The molecule has 0 radical (unpaired) electrons. The molecule has 2 saturated heterocycles. The minimum atomic E-state index is -2.96. The van der Waals surface area contributed by atoms with E-state index in [0.29, 0.717) is 0 Å². The Balaban J connectivity index is 2.37. The van der Waals surface area contributed by atoms with Gasteiger partial charge in [-0.3, -0.25) is 0 Å². The van der Waals surface area contributed by atoms with Crippen LogP contribution in [0.2, 0.25) is 0 Å². The van der Waals surface area contributed by atoms with Crippen molar-refractivity contribution in [1.82, 2.24) is 0 Å². The zero-order chi connectivity index (χ0) is 12.1. The van der Waals surface area contributed by atoms with Crippen LogP contribution < -0.4 is 0 Å². The molecule has 0 aromatic heterocycles. The molecule has 0 unspecified atom stereocenters. The first-order valence-corrected chi connectivity index (χ1v) is 4.35. The van der Waals surface area contributed by atoms with E-state index in [1.165, 1.54) is 0 Å². The molecule has 0 spiro atoms. The van der Waals surface area contributed by atoms with Crippen molar-refractivity contribution < 1.29 is 44.5 Å². The van der Waals surface area contributed by atoms with E-state index in [9.17, 15) is 25.2 Å². The third-order valence-corrected chi connectivity index (χ3v) is 2.51. The molecule has 9 nitrogen and oxygen atoms in total. The Kier molecular flexibility index (Phi) is 2.35. The first-order valence-electron chi connectivity index (χ1n) is 4.35. The highest BCUT2D eigenvalue weighted by molar-refractivity contribution is 5.63. The van der Waals surface area contributed by atoms with Gasteiger partial charge in [0, 0.05) is 0 Å². The molecule has 0 aromatic carbocycles. The second kappa shape index (κ2) is 3.26. The Morgan fingerprint density at radius 1 is 1.25 bits per heavy atom. The van der Waals surface area contributed by atoms with Crippen molar-refractivity contribution in [1.29, 1.82) is 0 Å². The Hall–Kier alpha value is -0.970. The highest BCUT2D eigenvalue weighted by atomic mass is 17.0. The lowest BCUT2D eigenvalue weighted by molar-refractivity contribution is -0.475. The molecule has 0 bridgehead atoms. The number of aliphatic hydroxyl groups is 5. The van der Waals surface area contributed by atoms with Crippen molar-refractivity contribution in [3.05, 3.63) is 0 Å². The van der Waals surface area contributed by atoms with Gasteiger partial charge < -0.3 is 39.7 Å².